The summed E-state index contributed by atoms with van der Waals surface area (Å²) in [5.74, 6) is 0.879. The quantitative estimate of drug-likeness (QED) is 0.418. The van der Waals surface area contributed by atoms with Gasteiger partial charge in [-0.2, -0.15) is 0 Å². The van der Waals surface area contributed by atoms with E-state index in [1.807, 2.05) is 25.1 Å². The van der Waals surface area contributed by atoms with Gasteiger partial charge < -0.3 is 19.5 Å². The van der Waals surface area contributed by atoms with Crippen LogP contribution in [0.4, 0.5) is 5.69 Å². The molecular formula is C23H29N3O5. The number of carbonyl (C=O) groups is 2. The molecular weight excluding hydrogens is 398 g/mol. The average Bonchev–Trinajstić information content (AvgIpc) is 3.29. The van der Waals surface area contributed by atoms with Crippen molar-refractivity contribution < 1.29 is 23.8 Å². The summed E-state index contributed by atoms with van der Waals surface area (Å²) in [6.07, 6.45) is 2.36. The molecule has 2 aromatic rings. The molecule has 3 N–H and O–H groups in total. The summed E-state index contributed by atoms with van der Waals surface area (Å²) in [4.78, 5) is 24.7. The Kier molecular flexibility index (Phi) is 7.86. The lowest BCUT2D eigenvalue weighted by Gasteiger charge is -2.15. The third-order valence-electron chi connectivity index (χ3n) is 5.15. The van der Waals surface area contributed by atoms with Crippen LogP contribution in [-0.2, 0) is 9.53 Å². The largest absolute Gasteiger partial charge is 0.497 e. The lowest BCUT2D eigenvalue weighted by molar-refractivity contribution is -0.117. The van der Waals surface area contributed by atoms with E-state index in [4.69, 9.17) is 14.2 Å². The van der Waals surface area contributed by atoms with Crippen molar-refractivity contribution in [1.82, 2.24) is 10.9 Å². The van der Waals surface area contributed by atoms with Crippen LogP contribution in [0.1, 0.15) is 48.1 Å². The Morgan fingerprint density at radius 2 is 1.84 bits per heavy atom. The number of hydrogen-bond acceptors (Lipinski definition) is 7. The summed E-state index contributed by atoms with van der Waals surface area (Å²) < 4.78 is 15.9. The van der Waals surface area contributed by atoms with Gasteiger partial charge in [0.2, 0.25) is 5.91 Å². The molecule has 1 amide bonds. The van der Waals surface area contributed by atoms with E-state index in [1.165, 1.54) is 0 Å². The van der Waals surface area contributed by atoms with Gasteiger partial charge in [-0.25, -0.2) is 15.6 Å². The molecule has 0 aromatic heterocycles. The van der Waals surface area contributed by atoms with Crippen molar-refractivity contribution in [3.8, 4) is 11.5 Å². The molecule has 1 aliphatic heterocycles. The Morgan fingerprint density at radius 1 is 1.06 bits per heavy atom. The van der Waals surface area contributed by atoms with E-state index in [1.54, 1.807) is 38.5 Å². The molecule has 2 atom stereocenters. The van der Waals surface area contributed by atoms with Crippen molar-refractivity contribution >= 4 is 17.6 Å². The molecule has 2 aromatic carbocycles. The fourth-order valence-electron chi connectivity index (χ4n) is 3.35. The number of amides is 1. The van der Waals surface area contributed by atoms with Crippen LogP contribution in [0.2, 0.25) is 0 Å². The number of esters is 1. The molecule has 0 bridgehead atoms. The first kappa shape index (κ1) is 22.6. The van der Waals surface area contributed by atoms with Crippen molar-refractivity contribution in [2.75, 3.05) is 26.1 Å². The number of rotatable bonds is 9. The Bertz CT molecular complexity index is 901. The summed E-state index contributed by atoms with van der Waals surface area (Å²) in [5, 5.41) is 2.88. The van der Waals surface area contributed by atoms with E-state index in [-0.39, 0.29) is 17.9 Å². The van der Waals surface area contributed by atoms with E-state index < -0.39 is 6.04 Å². The number of anilines is 1. The number of benzene rings is 2. The summed E-state index contributed by atoms with van der Waals surface area (Å²) in [5.41, 5.74) is 8.21. The monoisotopic (exact) mass is 427 g/mol. The van der Waals surface area contributed by atoms with Crippen LogP contribution in [-0.4, -0.2) is 38.7 Å². The van der Waals surface area contributed by atoms with Crippen LogP contribution in [0.5, 0.6) is 11.5 Å². The number of hydrazine groups is 1. The fourth-order valence-corrected chi connectivity index (χ4v) is 3.35. The molecule has 166 valence electrons. The van der Waals surface area contributed by atoms with E-state index in [2.05, 4.69) is 16.2 Å². The average molecular weight is 428 g/mol. The maximum Gasteiger partial charge on any atom is 0.338 e. The molecule has 0 aliphatic carbocycles. The van der Waals surface area contributed by atoms with Gasteiger partial charge in [-0.15, -0.1) is 0 Å². The zero-order chi connectivity index (χ0) is 22.2. The number of methoxy groups -OCH3 is 2. The molecule has 1 saturated heterocycles. The van der Waals surface area contributed by atoms with Crippen LogP contribution in [0.25, 0.3) is 0 Å². The van der Waals surface area contributed by atoms with Crippen molar-refractivity contribution in [3.63, 3.8) is 0 Å². The van der Waals surface area contributed by atoms with Crippen LogP contribution in [0.3, 0.4) is 0 Å². The molecule has 8 nitrogen and oxygen atoms in total. The molecule has 0 radical (unpaired) electrons. The number of unbranched alkanes of at least 4 members (excludes halogenated alkanes) is 1. The molecule has 1 aliphatic rings. The second-order valence-electron chi connectivity index (χ2n) is 7.29. The SMILES string of the molecule is CCCCOC(=O)c1ccc(NC(=O)C2CC(c3ccc(OC)cc3OC)NN2)cc1. The number of carbonyl (C=O) groups excluding carboxylic acids is 2. The van der Waals surface area contributed by atoms with Gasteiger partial charge in [0, 0.05) is 17.3 Å². The Hall–Kier alpha value is -3.10. The summed E-state index contributed by atoms with van der Waals surface area (Å²) in [7, 11) is 3.21. The zero-order valence-electron chi connectivity index (χ0n) is 18.1. The molecule has 2 unspecified atom stereocenters. The van der Waals surface area contributed by atoms with E-state index >= 15 is 0 Å². The maximum absolute atomic E-state index is 12.7. The minimum absolute atomic E-state index is 0.0862. The van der Waals surface area contributed by atoms with Crippen LogP contribution in [0, 0.1) is 0 Å². The van der Waals surface area contributed by atoms with Crippen molar-refractivity contribution in [3.05, 3.63) is 53.6 Å². The van der Waals surface area contributed by atoms with Crippen LogP contribution < -0.4 is 25.6 Å². The molecule has 3 rings (SSSR count). The molecule has 1 heterocycles. The van der Waals surface area contributed by atoms with Crippen LogP contribution in [0.15, 0.2) is 42.5 Å². The van der Waals surface area contributed by atoms with Gasteiger partial charge in [0.05, 0.1) is 32.4 Å². The Balaban J connectivity index is 1.57. The predicted octanol–water partition coefficient (Wildman–Crippen LogP) is 3.21. The highest BCUT2D eigenvalue weighted by Crippen LogP contribution is 2.33. The summed E-state index contributed by atoms with van der Waals surface area (Å²) >= 11 is 0. The van der Waals surface area contributed by atoms with Gasteiger partial charge in [-0.1, -0.05) is 19.4 Å². The highest BCUT2D eigenvalue weighted by Gasteiger charge is 2.31. The van der Waals surface area contributed by atoms with Gasteiger partial charge in [0.1, 0.15) is 17.5 Å². The number of nitrogens with one attached hydrogen (secondary N) is 3. The fraction of sp³-hybridized carbons (Fsp3) is 0.391. The summed E-state index contributed by atoms with van der Waals surface area (Å²) in [6.45, 7) is 2.45. The Labute approximate surface area is 182 Å². The van der Waals surface area contributed by atoms with Crippen LogP contribution >= 0.6 is 0 Å². The second-order valence-corrected chi connectivity index (χ2v) is 7.29. The first-order chi connectivity index (χ1) is 15.0. The zero-order valence-corrected chi connectivity index (χ0v) is 18.1. The lowest BCUT2D eigenvalue weighted by Crippen LogP contribution is -2.39. The molecule has 0 spiro atoms. The standard InChI is InChI=1S/C23H29N3O5/c1-4-5-12-31-23(28)15-6-8-16(9-7-15)24-22(27)20-14-19(25-26-20)18-11-10-17(29-2)13-21(18)30-3/h6-11,13,19-20,25-26H,4-5,12,14H2,1-3H3,(H,24,27). The topological polar surface area (TPSA) is 97.9 Å². The van der Waals surface area contributed by atoms with Gasteiger partial charge in [0.15, 0.2) is 0 Å². The van der Waals surface area contributed by atoms with E-state index in [9.17, 15) is 9.59 Å². The van der Waals surface area contributed by atoms with Gasteiger partial charge in [-0.3, -0.25) is 4.79 Å². The molecule has 1 fully saturated rings. The maximum atomic E-state index is 12.7. The van der Waals surface area contributed by atoms with Gasteiger partial charge in [0.25, 0.3) is 0 Å². The lowest BCUT2D eigenvalue weighted by atomic mass is 10.0. The summed E-state index contributed by atoms with van der Waals surface area (Å²) in [6, 6.07) is 11.8. The molecule has 8 heteroatoms. The smallest absolute Gasteiger partial charge is 0.338 e. The minimum atomic E-state index is -0.421. The second kappa shape index (κ2) is 10.8. The third-order valence-corrected chi connectivity index (χ3v) is 5.15. The van der Waals surface area contributed by atoms with E-state index in [0.29, 0.717) is 35.8 Å². The van der Waals surface area contributed by atoms with Crippen molar-refractivity contribution in [2.24, 2.45) is 0 Å². The van der Waals surface area contributed by atoms with Crippen molar-refractivity contribution in [2.45, 2.75) is 38.3 Å². The molecule has 0 saturated carbocycles. The first-order valence-corrected chi connectivity index (χ1v) is 10.4. The van der Waals surface area contributed by atoms with Crippen molar-refractivity contribution in [1.29, 1.82) is 0 Å². The predicted molar refractivity (Wildman–Crippen MR) is 117 cm³/mol. The minimum Gasteiger partial charge on any atom is -0.497 e. The number of hydrogen-bond donors (Lipinski definition) is 3. The molecule has 31 heavy (non-hydrogen) atoms. The van der Waals surface area contributed by atoms with E-state index in [0.717, 1.165) is 18.4 Å². The highest BCUT2D eigenvalue weighted by molar-refractivity contribution is 5.96. The van der Waals surface area contributed by atoms with Gasteiger partial charge in [-0.05, 0) is 43.2 Å². The normalized spacial score (nSPS) is 17.8. The van der Waals surface area contributed by atoms with Gasteiger partial charge >= 0.3 is 5.97 Å². The Morgan fingerprint density at radius 3 is 2.52 bits per heavy atom. The highest BCUT2D eigenvalue weighted by atomic mass is 16.5. The first-order valence-electron chi connectivity index (χ1n) is 10.4. The number of ether oxygens (including phenoxy) is 3. The third kappa shape index (κ3) is 5.74.